The lowest BCUT2D eigenvalue weighted by molar-refractivity contribution is -0.137. The summed E-state index contributed by atoms with van der Waals surface area (Å²) >= 11 is 0. The second-order valence-electron chi connectivity index (χ2n) is 4.64. The van der Waals surface area contributed by atoms with Crippen LogP contribution in [0.1, 0.15) is 19.4 Å². The molecule has 0 heterocycles. The average molecular weight is 261 g/mol. The molecule has 1 rings (SSSR count). The highest BCUT2D eigenvalue weighted by molar-refractivity contribution is 5.45. The molecule has 0 spiro atoms. The van der Waals surface area contributed by atoms with Crippen molar-refractivity contribution in [3.05, 3.63) is 29.8 Å². The van der Waals surface area contributed by atoms with Crippen LogP contribution in [0.3, 0.4) is 0 Å². The van der Waals surface area contributed by atoms with E-state index < -0.39 is 11.7 Å². The Hall–Kier alpha value is -1.23. The Morgan fingerprint density at radius 3 is 2.11 bits per heavy atom. The molecule has 1 aromatic carbocycles. The summed E-state index contributed by atoms with van der Waals surface area (Å²) in [5.74, 6) is 0.407. The number of halogens is 3. The monoisotopic (exact) mass is 261 g/mol. The number of benzene rings is 1. The molecule has 0 amide bonds. The van der Waals surface area contributed by atoms with Crippen molar-refractivity contribution in [3.63, 3.8) is 0 Å². The molecule has 2 nitrogen and oxygen atoms in total. The van der Waals surface area contributed by atoms with E-state index in [0.29, 0.717) is 18.2 Å². The Kier molecular flexibility index (Phi) is 5.02. The number of alkyl halides is 3. The molecule has 0 radical (unpaired) electrons. The van der Waals surface area contributed by atoms with Gasteiger partial charge in [0.05, 0.1) is 5.56 Å². The van der Waals surface area contributed by atoms with Crippen LogP contribution in [0.15, 0.2) is 24.3 Å². The number of hydrogen-bond donors (Lipinski definition) is 2. The van der Waals surface area contributed by atoms with Gasteiger partial charge in [-0.05, 0) is 30.2 Å². The molecular formula is C13H18F3NO. The first-order valence-electron chi connectivity index (χ1n) is 5.86. The summed E-state index contributed by atoms with van der Waals surface area (Å²) in [6.45, 7) is 4.59. The van der Waals surface area contributed by atoms with Gasteiger partial charge in [-0.15, -0.1) is 0 Å². The van der Waals surface area contributed by atoms with E-state index in [0.717, 1.165) is 12.1 Å². The van der Waals surface area contributed by atoms with Crippen molar-refractivity contribution >= 4 is 5.69 Å². The van der Waals surface area contributed by atoms with E-state index >= 15 is 0 Å². The van der Waals surface area contributed by atoms with Crippen LogP contribution in [0.5, 0.6) is 0 Å². The zero-order valence-corrected chi connectivity index (χ0v) is 10.5. The summed E-state index contributed by atoms with van der Waals surface area (Å²) in [6, 6.07) is 4.90. The summed E-state index contributed by atoms with van der Waals surface area (Å²) in [6.07, 6.45) is -4.30. The molecular weight excluding hydrogens is 243 g/mol. The number of hydrogen-bond acceptors (Lipinski definition) is 2. The van der Waals surface area contributed by atoms with Crippen molar-refractivity contribution in [2.75, 3.05) is 18.5 Å². The number of rotatable bonds is 5. The molecule has 0 bridgehead atoms. The van der Waals surface area contributed by atoms with Crippen LogP contribution in [0, 0.1) is 11.8 Å². The van der Waals surface area contributed by atoms with Gasteiger partial charge in [-0.3, -0.25) is 0 Å². The normalized spacial score (nSPS) is 13.7. The summed E-state index contributed by atoms with van der Waals surface area (Å²) in [5, 5.41) is 12.2. The van der Waals surface area contributed by atoms with Gasteiger partial charge in [-0.1, -0.05) is 13.8 Å². The van der Waals surface area contributed by atoms with E-state index in [4.69, 9.17) is 5.11 Å². The Balaban J connectivity index is 2.59. The van der Waals surface area contributed by atoms with E-state index in [1.807, 2.05) is 13.8 Å². The summed E-state index contributed by atoms with van der Waals surface area (Å²) in [4.78, 5) is 0. The minimum absolute atomic E-state index is 0.0608. The Morgan fingerprint density at radius 1 is 1.17 bits per heavy atom. The quantitative estimate of drug-likeness (QED) is 0.851. The van der Waals surface area contributed by atoms with Gasteiger partial charge in [0.1, 0.15) is 0 Å². The molecule has 0 aliphatic rings. The molecule has 1 atom stereocenters. The summed E-state index contributed by atoms with van der Waals surface area (Å²) in [5.41, 5.74) is -0.0299. The van der Waals surface area contributed by atoms with Crippen molar-refractivity contribution in [3.8, 4) is 0 Å². The third kappa shape index (κ3) is 4.22. The minimum Gasteiger partial charge on any atom is -0.396 e. The third-order valence-electron chi connectivity index (χ3n) is 2.96. The maximum Gasteiger partial charge on any atom is 0.416 e. The van der Waals surface area contributed by atoms with Crippen molar-refractivity contribution in [1.82, 2.24) is 0 Å². The first-order valence-corrected chi connectivity index (χ1v) is 5.86. The van der Waals surface area contributed by atoms with E-state index in [1.165, 1.54) is 12.1 Å². The molecule has 2 N–H and O–H groups in total. The fourth-order valence-corrected chi connectivity index (χ4v) is 1.54. The first-order chi connectivity index (χ1) is 8.34. The number of anilines is 1. The molecule has 0 aliphatic carbocycles. The van der Waals surface area contributed by atoms with Gasteiger partial charge < -0.3 is 10.4 Å². The van der Waals surface area contributed by atoms with Crippen molar-refractivity contribution in [2.24, 2.45) is 11.8 Å². The third-order valence-corrected chi connectivity index (χ3v) is 2.96. The van der Waals surface area contributed by atoms with E-state index in [9.17, 15) is 13.2 Å². The minimum atomic E-state index is -4.30. The predicted molar refractivity (Wildman–Crippen MR) is 65.3 cm³/mol. The van der Waals surface area contributed by atoms with Crippen LogP contribution in [-0.2, 0) is 6.18 Å². The Morgan fingerprint density at radius 2 is 1.72 bits per heavy atom. The molecule has 0 aliphatic heterocycles. The van der Waals surface area contributed by atoms with E-state index in [1.54, 1.807) is 0 Å². The molecule has 0 saturated carbocycles. The second-order valence-corrected chi connectivity index (χ2v) is 4.64. The largest absolute Gasteiger partial charge is 0.416 e. The second kappa shape index (κ2) is 6.09. The van der Waals surface area contributed by atoms with Crippen LogP contribution in [0.25, 0.3) is 0 Å². The first kappa shape index (κ1) is 14.8. The lowest BCUT2D eigenvalue weighted by atomic mass is 9.97. The molecule has 0 aromatic heterocycles. The van der Waals surface area contributed by atoms with Gasteiger partial charge in [0, 0.05) is 24.8 Å². The fourth-order valence-electron chi connectivity index (χ4n) is 1.54. The summed E-state index contributed by atoms with van der Waals surface area (Å²) < 4.78 is 37.0. The maximum atomic E-state index is 12.3. The SMILES string of the molecule is CC(C)C(CO)CNc1ccc(C(F)(F)F)cc1. The lowest BCUT2D eigenvalue weighted by Gasteiger charge is -2.19. The van der Waals surface area contributed by atoms with Gasteiger partial charge in [-0.25, -0.2) is 0 Å². The number of aliphatic hydroxyl groups excluding tert-OH is 1. The predicted octanol–water partition coefficient (Wildman–Crippen LogP) is 3.38. The number of nitrogens with one attached hydrogen (secondary N) is 1. The zero-order chi connectivity index (χ0) is 13.8. The molecule has 1 aromatic rings. The molecule has 0 fully saturated rings. The van der Waals surface area contributed by atoms with Gasteiger partial charge in [0.2, 0.25) is 0 Å². The van der Waals surface area contributed by atoms with Crippen LogP contribution in [0.4, 0.5) is 18.9 Å². The standard InChI is InChI=1S/C13H18F3NO/c1-9(2)10(8-18)7-17-12-5-3-11(4-6-12)13(14,15)16/h3-6,9-10,17-18H,7-8H2,1-2H3. The highest BCUT2D eigenvalue weighted by atomic mass is 19.4. The van der Waals surface area contributed by atoms with Gasteiger partial charge in [0.15, 0.2) is 0 Å². The smallest absolute Gasteiger partial charge is 0.396 e. The number of aliphatic hydroxyl groups is 1. The summed E-state index contributed by atoms with van der Waals surface area (Å²) in [7, 11) is 0. The van der Waals surface area contributed by atoms with Crippen LogP contribution in [-0.4, -0.2) is 18.3 Å². The van der Waals surface area contributed by atoms with Gasteiger partial charge in [0.25, 0.3) is 0 Å². The van der Waals surface area contributed by atoms with Crippen molar-refractivity contribution in [1.29, 1.82) is 0 Å². The topological polar surface area (TPSA) is 32.3 Å². The van der Waals surface area contributed by atoms with E-state index in [2.05, 4.69) is 5.32 Å². The van der Waals surface area contributed by atoms with Crippen LogP contribution in [0.2, 0.25) is 0 Å². The Bertz CT molecular complexity index is 359. The van der Waals surface area contributed by atoms with Gasteiger partial charge in [-0.2, -0.15) is 13.2 Å². The maximum absolute atomic E-state index is 12.3. The van der Waals surface area contributed by atoms with Crippen molar-refractivity contribution < 1.29 is 18.3 Å². The molecule has 102 valence electrons. The highest BCUT2D eigenvalue weighted by Crippen LogP contribution is 2.29. The molecule has 0 saturated heterocycles. The van der Waals surface area contributed by atoms with Crippen LogP contribution < -0.4 is 5.32 Å². The molecule has 18 heavy (non-hydrogen) atoms. The van der Waals surface area contributed by atoms with Gasteiger partial charge >= 0.3 is 6.18 Å². The Labute approximate surface area is 105 Å². The molecule has 5 heteroatoms. The molecule has 1 unspecified atom stereocenters. The fraction of sp³-hybridized carbons (Fsp3) is 0.538. The van der Waals surface area contributed by atoms with Crippen molar-refractivity contribution in [2.45, 2.75) is 20.0 Å². The average Bonchev–Trinajstić information content (AvgIpc) is 2.29. The highest BCUT2D eigenvalue weighted by Gasteiger charge is 2.29. The van der Waals surface area contributed by atoms with E-state index in [-0.39, 0.29) is 12.5 Å². The van der Waals surface area contributed by atoms with Crippen LogP contribution >= 0.6 is 0 Å². The zero-order valence-electron chi connectivity index (χ0n) is 10.5. The lowest BCUT2D eigenvalue weighted by Crippen LogP contribution is -2.22.